The molecule has 0 unspecified atom stereocenters. The average Bonchev–Trinajstić information content (AvgIpc) is 2.66. The predicted molar refractivity (Wildman–Crippen MR) is 111 cm³/mol. The number of rotatable bonds is 9. The van der Waals surface area contributed by atoms with E-state index in [0.717, 1.165) is 26.3 Å². The van der Waals surface area contributed by atoms with E-state index in [-0.39, 0.29) is 18.3 Å². The summed E-state index contributed by atoms with van der Waals surface area (Å²) in [6.07, 6.45) is 0. The Bertz CT molecular complexity index is 916. The largest absolute Gasteiger partial charge is 0.491 e. The lowest BCUT2D eigenvalue weighted by Crippen LogP contribution is -2.48. The van der Waals surface area contributed by atoms with Gasteiger partial charge in [0.15, 0.2) is 0 Å². The molecule has 0 aliphatic heterocycles. The van der Waals surface area contributed by atoms with Crippen LogP contribution < -0.4 is 14.4 Å². The van der Waals surface area contributed by atoms with Crippen molar-refractivity contribution in [2.75, 3.05) is 31.6 Å². The first kappa shape index (κ1) is 22.6. The number of aryl methyl sites for hydroxylation is 1. The number of ether oxygens (including phenoxy) is 1. The number of carbonyl (C=O) groups excluding carboxylic acids is 1. The van der Waals surface area contributed by atoms with Crippen LogP contribution in [0, 0.1) is 12.7 Å². The van der Waals surface area contributed by atoms with Crippen molar-refractivity contribution in [2.45, 2.75) is 19.9 Å². The van der Waals surface area contributed by atoms with Crippen LogP contribution in [0.15, 0.2) is 48.5 Å². The third kappa shape index (κ3) is 6.43. The van der Waals surface area contributed by atoms with E-state index in [1.54, 1.807) is 6.92 Å². The summed E-state index contributed by atoms with van der Waals surface area (Å²) in [7, 11) is -1.22. The highest BCUT2D eigenvalue weighted by molar-refractivity contribution is 7.90. The SMILES string of the molecule is Cc1ccc(OC[C@H](C)NC(=O)CN(c2ccc(F)cc2)S(=O)(=O)N(C)C)cc1. The summed E-state index contributed by atoms with van der Waals surface area (Å²) in [5.74, 6) is -0.318. The fourth-order valence-electron chi connectivity index (χ4n) is 2.46. The van der Waals surface area contributed by atoms with Gasteiger partial charge in [0.05, 0.1) is 11.7 Å². The molecule has 2 aromatic rings. The number of hydrogen-bond donors (Lipinski definition) is 1. The summed E-state index contributed by atoms with van der Waals surface area (Å²) in [5.41, 5.74) is 1.31. The van der Waals surface area contributed by atoms with Gasteiger partial charge in [-0.25, -0.2) is 8.70 Å². The molecule has 0 aromatic heterocycles. The fraction of sp³-hybridized carbons (Fsp3) is 0.350. The Morgan fingerprint density at radius 3 is 2.24 bits per heavy atom. The highest BCUT2D eigenvalue weighted by atomic mass is 32.2. The maximum Gasteiger partial charge on any atom is 0.304 e. The average molecular weight is 424 g/mol. The van der Waals surface area contributed by atoms with E-state index >= 15 is 0 Å². The minimum absolute atomic E-state index is 0.193. The summed E-state index contributed by atoms with van der Waals surface area (Å²) in [6, 6.07) is 12.1. The summed E-state index contributed by atoms with van der Waals surface area (Å²) in [5, 5.41) is 2.72. The molecular weight excluding hydrogens is 397 g/mol. The van der Waals surface area contributed by atoms with Crippen LogP contribution in [0.4, 0.5) is 10.1 Å². The van der Waals surface area contributed by atoms with Gasteiger partial charge in [-0.05, 0) is 50.2 Å². The van der Waals surface area contributed by atoms with Crippen LogP contribution in [0.3, 0.4) is 0 Å². The van der Waals surface area contributed by atoms with Gasteiger partial charge in [-0.3, -0.25) is 4.79 Å². The Morgan fingerprint density at radius 1 is 1.10 bits per heavy atom. The summed E-state index contributed by atoms with van der Waals surface area (Å²) >= 11 is 0. The van der Waals surface area contributed by atoms with Gasteiger partial charge in [-0.15, -0.1) is 0 Å². The minimum Gasteiger partial charge on any atom is -0.491 e. The van der Waals surface area contributed by atoms with Crippen LogP contribution in [0.25, 0.3) is 0 Å². The number of halogens is 1. The van der Waals surface area contributed by atoms with Gasteiger partial charge in [0.25, 0.3) is 0 Å². The molecule has 1 amide bonds. The van der Waals surface area contributed by atoms with Crippen molar-refractivity contribution in [3.8, 4) is 5.75 Å². The van der Waals surface area contributed by atoms with E-state index in [4.69, 9.17) is 4.74 Å². The summed E-state index contributed by atoms with van der Waals surface area (Å²) < 4.78 is 46.0. The van der Waals surface area contributed by atoms with Crippen LogP contribution in [0.2, 0.25) is 0 Å². The smallest absolute Gasteiger partial charge is 0.304 e. The van der Waals surface area contributed by atoms with Crippen LogP contribution in [-0.2, 0) is 15.0 Å². The van der Waals surface area contributed by atoms with Gasteiger partial charge in [-0.1, -0.05) is 17.7 Å². The molecule has 158 valence electrons. The Kier molecular flexibility index (Phi) is 7.58. The van der Waals surface area contributed by atoms with E-state index in [0.29, 0.717) is 5.75 Å². The van der Waals surface area contributed by atoms with Gasteiger partial charge in [-0.2, -0.15) is 12.7 Å². The molecule has 0 fully saturated rings. The maximum absolute atomic E-state index is 13.2. The first-order chi connectivity index (χ1) is 13.6. The van der Waals surface area contributed by atoms with Crippen LogP contribution >= 0.6 is 0 Å². The molecule has 1 N–H and O–H groups in total. The molecular formula is C20H26FN3O4S. The topological polar surface area (TPSA) is 79.0 Å². The van der Waals surface area contributed by atoms with Crippen molar-refractivity contribution >= 4 is 21.8 Å². The molecule has 0 aliphatic carbocycles. The van der Waals surface area contributed by atoms with Crippen molar-refractivity contribution in [1.82, 2.24) is 9.62 Å². The van der Waals surface area contributed by atoms with Crippen LogP contribution in [0.5, 0.6) is 5.75 Å². The lowest BCUT2D eigenvalue weighted by Gasteiger charge is -2.27. The highest BCUT2D eigenvalue weighted by Crippen LogP contribution is 2.19. The molecule has 0 heterocycles. The van der Waals surface area contributed by atoms with E-state index in [1.165, 1.54) is 26.2 Å². The maximum atomic E-state index is 13.2. The molecule has 9 heteroatoms. The second kappa shape index (κ2) is 9.71. The van der Waals surface area contributed by atoms with Crippen LogP contribution in [0.1, 0.15) is 12.5 Å². The zero-order valence-corrected chi connectivity index (χ0v) is 17.7. The first-order valence-electron chi connectivity index (χ1n) is 9.04. The zero-order chi connectivity index (χ0) is 21.6. The molecule has 0 saturated heterocycles. The molecule has 0 radical (unpaired) electrons. The number of nitrogens with one attached hydrogen (secondary N) is 1. The van der Waals surface area contributed by atoms with Gasteiger partial charge >= 0.3 is 10.2 Å². The lowest BCUT2D eigenvalue weighted by molar-refractivity contribution is -0.120. The van der Waals surface area contributed by atoms with Crippen LogP contribution in [-0.4, -0.2) is 51.9 Å². The second-order valence-corrected chi connectivity index (χ2v) is 8.93. The standard InChI is InChI=1S/C20H26FN3O4S/c1-15-5-11-19(12-6-15)28-14-16(2)22-20(25)13-24(29(26,27)23(3)4)18-9-7-17(21)8-10-18/h5-12,16H,13-14H2,1-4H3,(H,22,25)/t16-/m0/s1. The van der Waals surface area contributed by atoms with Crippen molar-refractivity contribution in [3.63, 3.8) is 0 Å². The van der Waals surface area contributed by atoms with Crippen molar-refractivity contribution < 1.29 is 22.3 Å². The van der Waals surface area contributed by atoms with Gasteiger partial charge in [0.2, 0.25) is 5.91 Å². The van der Waals surface area contributed by atoms with E-state index in [1.807, 2.05) is 31.2 Å². The van der Waals surface area contributed by atoms with Gasteiger partial charge in [0.1, 0.15) is 24.7 Å². The Labute approximate surface area is 171 Å². The molecule has 29 heavy (non-hydrogen) atoms. The third-order valence-electron chi connectivity index (χ3n) is 4.07. The Balaban J connectivity index is 2.03. The minimum atomic E-state index is -3.94. The van der Waals surface area contributed by atoms with Gasteiger partial charge < -0.3 is 10.1 Å². The molecule has 0 bridgehead atoms. The monoisotopic (exact) mass is 423 g/mol. The number of hydrogen-bond acceptors (Lipinski definition) is 4. The highest BCUT2D eigenvalue weighted by Gasteiger charge is 2.27. The van der Waals surface area contributed by atoms with E-state index in [2.05, 4.69) is 5.32 Å². The molecule has 2 rings (SSSR count). The second-order valence-electron chi connectivity index (χ2n) is 6.87. The lowest BCUT2D eigenvalue weighted by atomic mass is 10.2. The Hall–Kier alpha value is -2.65. The van der Waals surface area contributed by atoms with Crippen molar-refractivity contribution in [2.24, 2.45) is 0 Å². The summed E-state index contributed by atoms with van der Waals surface area (Å²) in [4.78, 5) is 12.5. The summed E-state index contributed by atoms with van der Waals surface area (Å²) in [6.45, 7) is 3.52. The molecule has 0 aliphatic rings. The quantitative estimate of drug-likeness (QED) is 0.672. The van der Waals surface area contributed by atoms with Gasteiger partial charge in [0, 0.05) is 14.1 Å². The third-order valence-corrected chi connectivity index (χ3v) is 5.89. The number of amides is 1. The fourth-order valence-corrected chi connectivity index (χ4v) is 3.52. The van der Waals surface area contributed by atoms with E-state index < -0.39 is 28.5 Å². The molecule has 2 aromatic carbocycles. The number of nitrogens with zero attached hydrogens (tertiary/aromatic N) is 2. The van der Waals surface area contributed by atoms with E-state index in [9.17, 15) is 17.6 Å². The first-order valence-corrected chi connectivity index (χ1v) is 10.4. The number of anilines is 1. The normalized spacial score (nSPS) is 12.5. The number of benzene rings is 2. The number of carbonyl (C=O) groups is 1. The zero-order valence-electron chi connectivity index (χ0n) is 16.9. The predicted octanol–water partition coefficient (Wildman–Crippen LogP) is 2.33. The molecule has 0 spiro atoms. The Morgan fingerprint density at radius 2 is 1.69 bits per heavy atom. The molecule has 7 nitrogen and oxygen atoms in total. The van der Waals surface area contributed by atoms with Crippen molar-refractivity contribution in [3.05, 3.63) is 59.9 Å². The van der Waals surface area contributed by atoms with Crippen molar-refractivity contribution in [1.29, 1.82) is 0 Å². The molecule has 1 atom stereocenters. The molecule has 0 saturated carbocycles.